The monoisotopic (exact) mass is 348 g/mol. The van der Waals surface area contributed by atoms with E-state index in [0.29, 0.717) is 6.61 Å². The van der Waals surface area contributed by atoms with Crippen LogP contribution in [-0.2, 0) is 6.54 Å². The van der Waals surface area contributed by atoms with Gasteiger partial charge in [0.15, 0.2) is 0 Å². The second-order valence-corrected chi connectivity index (χ2v) is 5.79. The SMILES string of the molecule is CCN(CCOc1cccc(Br)c1)Cc1ccccc1N. The summed E-state index contributed by atoms with van der Waals surface area (Å²) in [5.74, 6) is 0.889. The number of ether oxygens (including phenoxy) is 1. The van der Waals surface area contributed by atoms with Gasteiger partial charge in [-0.1, -0.05) is 47.1 Å². The molecule has 0 bridgehead atoms. The van der Waals surface area contributed by atoms with E-state index in [4.69, 9.17) is 10.5 Å². The van der Waals surface area contributed by atoms with Crippen LogP contribution in [0.2, 0.25) is 0 Å². The molecule has 0 heterocycles. The van der Waals surface area contributed by atoms with Crippen LogP contribution < -0.4 is 10.5 Å². The maximum Gasteiger partial charge on any atom is 0.120 e. The van der Waals surface area contributed by atoms with Crippen LogP contribution in [0.5, 0.6) is 5.75 Å². The second-order valence-electron chi connectivity index (χ2n) is 4.87. The highest BCUT2D eigenvalue weighted by Gasteiger charge is 2.06. The van der Waals surface area contributed by atoms with Crippen molar-refractivity contribution in [3.63, 3.8) is 0 Å². The number of hydrogen-bond acceptors (Lipinski definition) is 3. The maximum absolute atomic E-state index is 6.00. The molecule has 3 nitrogen and oxygen atoms in total. The summed E-state index contributed by atoms with van der Waals surface area (Å²) >= 11 is 3.44. The Labute approximate surface area is 134 Å². The highest BCUT2D eigenvalue weighted by atomic mass is 79.9. The van der Waals surface area contributed by atoms with E-state index >= 15 is 0 Å². The van der Waals surface area contributed by atoms with Gasteiger partial charge in [0, 0.05) is 23.2 Å². The summed E-state index contributed by atoms with van der Waals surface area (Å²) in [7, 11) is 0. The number of rotatable bonds is 7. The second kappa shape index (κ2) is 8.05. The largest absolute Gasteiger partial charge is 0.492 e. The summed E-state index contributed by atoms with van der Waals surface area (Å²) in [6.07, 6.45) is 0. The van der Waals surface area contributed by atoms with E-state index in [9.17, 15) is 0 Å². The van der Waals surface area contributed by atoms with Gasteiger partial charge in [-0.05, 0) is 36.4 Å². The Bertz CT molecular complexity index is 574. The van der Waals surface area contributed by atoms with Gasteiger partial charge in [0.2, 0.25) is 0 Å². The molecule has 112 valence electrons. The molecule has 0 aromatic heterocycles. The Morgan fingerprint density at radius 3 is 2.67 bits per heavy atom. The first kappa shape index (κ1) is 15.9. The Morgan fingerprint density at radius 2 is 1.95 bits per heavy atom. The van der Waals surface area contributed by atoms with Crippen LogP contribution in [0, 0.1) is 0 Å². The first-order valence-corrected chi connectivity index (χ1v) is 7.92. The van der Waals surface area contributed by atoms with Crippen molar-refractivity contribution in [2.24, 2.45) is 0 Å². The fourth-order valence-electron chi connectivity index (χ4n) is 2.12. The zero-order valence-electron chi connectivity index (χ0n) is 12.3. The molecule has 0 fully saturated rings. The Morgan fingerprint density at radius 1 is 1.14 bits per heavy atom. The Kier molecular flexibility index (Phi) is 6.08. The van der Waals surface area contributed by atoms with Crippen LogP contribution in [0.1, 0.15) is 12.5 Å². The molecular weight excluding hydrogens is 328 g/mol. The molecule has 0 aliphatic heterocycles. The molecule has 0 saturated carbocycles. The number of para-hydroxylation sites is 1. The molecule has 2 rings (SSSR count). The van der Waals surface area contributed by atoms with E-state index in [1.54, 1.807) is 0 Å². The molecule has 21 heavy (non-hydrogen) atoms. The van der Waals surface area contributed by atoms with Crippen LogP contribution in [0.25, 0.3) is 0 Å². The number of nitrogen functional groups attached to an aromatic ring is 1. The van der Waals surface area contributed by atoms with Crippen molar-refractivity contribution in [3.05, 3.63) is 58.6 Å². The molecule has 0 atom stereocenters. The molecular formula is C17H21BrN2O. The zero-order chi connectivity index (χ0) is 15.1. The van der Waals surface area contributed by atoms with Crippen molar-refractivity contribution in [1.82, 2.24) is 4.90 Å². The number of halogens is 1. The molecule has 0 saturated heterocycles. The maximum atomic E-state index is 6.00. The summed E-state index contributed by atoms with van der Waals surface area (Å²) in [6.45, 7) is 5.51. The van der Waals surface area contributed by atoms with E-state index in [1.165, 1.54) is 5.56 Å². The molecule has 0 radical (unpaired) electrons. The molecule has 2 aromatic rings. The van der Waals surface area contributed by atoms with Gasteiger partial charge in [0.05, 0.1) is 0 Å². The summed E-state index contributed by atoms with van der Waals surface area (Å²) in [5.41, 5.74) is 8.02. The number of nitrogens with two attached hydrogens (primary N) is 1. The van der Waals surface area contributed by atoms with Gasteiger partial charge in [-0.2, -0.15) is 0 Å². The third-order valence-corrected chi connectivity index (χ3v) is 3.86. The summed E-state index contributed by atoms with van der Waals surface area (Å²) in [4.78, 5) is 2.32. The minimum Gasteiger partial charge on any atom is -0.492 e. The zero-order valence-corrected chi connectivity index (χ0v) is 13.8. The number of hydrogen-bond donors (Lipinski definition) is 1. The van der Waals surface area contributed by atoms with Gasteiger partial charge < -0.3 is 10.5 Å². The lowest BCUT2D eigenvalue weighted by atomic mass is 10.1. The molecule has 2 aromatic carbocycles. The van der Waals surface area contributed by atoms with Gasteiger partial charge in [0.1, 0.15) is 12.4 Å². The molecule has 2 N–H and O–H groups in total. The number of likely N-dealkylation sites (N-methyl/N-ethyl adjacent to an activating group) is 1. The predicted octanol–water partition coefficient (Wildman–Crippen LogP) is 3.93. The van der Waals surface area contributed by atoms with Gasteiger partial charge in [-0.3, -0.25) is 4.90 Å². The minimum atomic E-state index is 0.664. The van der Waals surface area contributed by atoms with Gasteiger partial charge in [-0.15, -0.1) is 0 Å². The lowest BCUT2D eigenvalue weighted by Crippen LogP contribution is -2.28. The highest BCUT2D eigenvalue weighted by molar-refractivity contribution is 9.10. The van der Waals surface area contributed by atoms with Crippen molar-refractivity contribution in [1.29, 1.82) is 0 Å². The van der Waals surface area contributed by atoms with Gasteiger partial charge >= 0.3 is 0 Å². The topological polar surface area (TPSA) is 38.5 Å². The average Bonchev–Trinajstić information content (AvgIpc) is 2.48. The van der Waals surface area contributed by atoms with Crippen LogP contribution in [-0.4, -0.2) is 24.6 Å². The molecule has 0 unspecified atom stereocenters. The average molecular weight is 349 g/mol. The standard InChI is InChI=1S/C17H21BrN2O/c1-2-20(13-14-6-3-4-9-17(14)19)10-11-21-16-8-5-7-15(18)12-16/h3-9,12H,2,10-11,13,19H2,1H3. The third kappa shape index (κ3) is 5.06. The van der Waals surface area contributed by atoms with Gasteiger partial charge in [0.25, 0.3) is 0 Å². The van der Waals surface area contributed by atoms with E-state index in [2.05, 4.69) is 33.8 Å². The highest BCUT2D eigenvalue weighted by Crippen LogP contribution is 2.18. The fourth-order valence-corrected chi connectivity index (χ4v) is 2.50. The smallest absolute Gasteiger partial charge is 0.120 e. The van der Waals surface area contributed by atoms with E-state index in [-0.39, 0.29) is 0 Å². The van der Waals surface area contributed by atoms with Crippen LogP contribution in [0.3, 0.4) is 0 Å². The van der Waals surface area contributed by atoms with Crippen molar-refractivity contribution >= 4 is 21.6 Å². The fraction of sp³-hybridized carbons (Fsp3) is 0.294. The molecule has 0 spiro atoms. The molecule has 0 amide bonds. The quantitative estimate of drug-likeness (QED) is 0.770. The first-order valence-electron chi connectivity index (χ1n) is 7.13. The van der Waals surface area contributed by atoms with Crippen molar-refractivity contribution < 1.29 is 4.74 Å². The molecule has 0 aliphatic carbocycles. The van der Waals surface area contributed by atoms with Gasteiger partial charge in [-0.25, -0.2) is 0 Å². The normalized spacial score (nSPS) is 10.8. The summed E-state index contributed by atoms with van der Waals surface area (Å²) in [6, 6.07) is 15.9. The van der Waals surface area contributed by atoms with Crippen molar-refractivity contribution in [2.45, 2.75) is 13.5 Å². The van der Waals surface area contributed by atoms with E-state index < -0.39 is 0 Å². The molecule has 0 aliphatic rings. The number of anilines is 1. The number of nitrogens with zero attached hydrogens (tertiary/aromatic N) is 1. The summed E-state index contributed by atoms with van der Waals surface area (Å²) < 4.78 is 6.82. The van der Waals surface area contributed by atoms with Crippen molar-refractivity contribution in [3.8, 4) is 5.75 Å². The summed E-state index contributed by atoms with van der Waals surface area (Å²) in [5, 5.41) is 0. The first-order chi connectivity index (χ1) is 10.2. The third-order valence-electron chi connectivity index (χ3n) is 3.37. The van der Waals surface area contributed by atoms with E-state index in [1.807, 2.05) is 42.5 Å². The van der Waals surface area contributed by atoms with Crippen LogP contribution in [0.4, 0.5) is 5.69 Å². The van der Waals surface area contributed by atoms with E-state index in [0.717, 1.165) is 35.5 Å². The van der Waals surface area contributed by atoms with Crippen LogP contribution >= 0.6 is 15.9 Å². The minimum absolute atomic E-state index is 0.664. The molecule has 4 heteroatoms. The number of benzene rings is 2. The van der Waals surface area contributed by atoms with Crippen LogP contribution in [0.15, 0.2) is 53.0 Å². The predicted molar refractivity (Wildman–Crippen MR) is 91.4 cm³/mol. The lowest BCUT2D eigenvalue weighted by Gasteiger charge is -2.21. The Hall–Kier alpha value is -1.52. The Balaban J connectivity index is 1.84. The lowest BCUT2D eigenvalue weighted by molar-refractivity contribution is 0.210. The van der Waals surface area contributed by atoms with Crippen molar-refractivity contribution in [2.75, 3.05) is 25.4 Å².